The predicted molar refractivity (Wildman–Crippen MR) is 81.1 cm³/mol. The number of nitrogens with zero attached hydrogens (tertiary/aromatic N) is 2. The zero-order chi connectivity index (χ0) is 16.1. The Labute approximate surface area is 133 Å². The number of nitro groups is 1. The molecule has 0 fully saturated rings. The molecule has 0 aliphatic heterocycles. The van der Waals surface area contributed by atoms with Crippen LogP contribution in [-0.4, -0.2) is 24.2 Å². The first-order valence-corrected chi connectivity index (χ1v) is 6.71. The minimum absolute atomic E-state index is 0.155. The van der Waals surface area contributed by atoms with Crippen molar-refractivity contribution in [3.8, 4) is 5.75 Å². The van der Waals surface area contributed by atoms with Crippen molar-refractivity contribution in [3.05, 3.63) is 56.2 Å². The average Bonchev–Trinajstić information content (AvgIpc) is 2.96. The number of hydrogen-bond acceptors (Lipinski definition) is 6. The summed E-state index contributed by atoms with van der Waals surface area (Å²) in [6.45, 7) is 0. The Morgan fingerprint density at radius 1 is 1.45 bits per heavy atom. The van der Waals surface area contributed by atoms with E-state index >= 15 is 0 Å². The van der Waals surface area contributed by atoms with E-state index in [2.05, 4.69) is 26.5 Å². The zero-order valence-corrected chi connectivity index (χ0v) is 12.9. The third-order valence-corrected chi connectivity index (χ3v) is 3.18. The molecule has 9 heteroatoms. The third kappa shape index (κ3) is 3.70. The van der Waals surface area contributed by atoms with Gasteiger partial charge in [-0.3, -0.25) is 14.9 Å². The molecule has 22 heavy (non-hydrogen) atoms. The van der Waals surface area contributed by atoms with Gasteiger partial charge in [0.2, 0.25) is 0 Å². The monoisotopic (exact) mass is 367 g/mol. The van der Waals surface area contributed by atoms with Crippen LogP contribution in [0.1, 0.15) is 16.1 Å². The first-order chi connectivity index (χ1) is 10.5. The number of benzene rings is 1. The lowest BCUT2D eigenvalue weighted by Crippen LogP contribution is -2.17. The minimum atomic E-state index is -0.662. The third-order valence-electron chi connectivity index (χ3n) is 2.56. The summed E-state index contributed by atoms with van der Waals surface area (Å²) >= 11 is 3.27. The van der Waals surface area contributed by atoms with Crippen molar-refractivity contribution in [2.75, 3.05) is 7.11 Å². The molecule has 1 aromatic carbocycles. The van der Waals surface area contributed by atoms with Crippen LogP contribution in [0.5, 0.6) is 5.75 Å². The van der Waals surface area contributed by atoms with Crippen molar-refractivity contribution in [2.24, 2.45) is 5.10 Å². The standard InChI is InChI=1S/C13H10BrN3O5/c1-21-11-4-2-8(6-10(11)14)13(18)16-15-7-9-3-5-12(22-9)17(19)20/h2-7H,1H3,(H,16,18)/b15-7+. The van der Waals surface area contributed by atoms with Gasteiger partial charge in [-0.2, -0.15) is 5.10 Å². The van der Waals surface area contributed by atoms with Crippen LogP contribution >= 0.6 is 15.9 Å². The van der Waals surface area contributed by atoms with Crippen LogP contribution in [-0.2, 0) is 0 Å². The molecule has 0 aliphatic rings. The number of rotatable bonds is 5. The summed E-state index contributed by atoms with van der Waals surface area (Å²) in [7, 11) is 1.52. The second-order valence-electron chi connectivity index (χ2n) is 3.98. The number of hydrogen-bond donors (Lipinski definition) is 1. The number of halogens is 1. The molecule has 0 atom stereocenters. The molecule has 0 unspecified atom stereocenters. The number of amides is 1. The van der Waals surface area contributed by atoms with Gasteiger partial charge in [-0.1, -0.05) is 0 Å². The topological polar surface area (TPSA) is 107 Å². The van der Waals surface area contributed by atoms with E-state index in [1.807, 2.05) is 0 Å². The summed E-state index contributed by atoms with van der Waals surface area (Å²) in [5, 5.41) is 14.1. The van der Waals surface area contributed by atoms with Gasteiger partial charge in [0.25, 0.3) is 5.91 Å². The van der Waals surface area contributed by atoms with E-state index in [4.69, 9.17) is 9.15 Å². The number of methoxy groups -OCH3 is 1. The van der Waals surface area contributed by atoms with Gasteiger partial charge in [0.1, 0.15) is 10.7 Å². The van der Waals surface area contributed by atoms with E-state index in [-0.39, 0.29) is 5.76 Å². The van der Waals surface area contributed by atoms with Crippen molar-refractivity contribution in [1.82, 2.24) is 5.43 Å². The van der Waals surface area contributed by atoms with Crippen molar-refractivity contribution in [1.29, 1.82) is 0 Å². The normalized spacial score (nSPS) is 10.6. The van der Waals surface area contributed by atoms with E-state index in [1.165, 1.54) is 25.5 Å². The minimum Gasteiger partial charge on any atom is -0.496 e. The molecule has 0 aliphatic carbocycles. The molecule has 114 valence electrons. The maximum absolute atomic E-state index is 11.9. The fraction of sp³-hybridized carbons (Fsp3) is 0.0769. The lowest BCUT2D eigenvalue weighted by atomic mass is 10.2. The molecule has 8 nitrogen and oxygen atoms in total. The van der Waals surface area contributed by atoms with E-state index < -0.39 is 16.7 Å². The molecule has 0 spiro atoms. The highest BCUT2D eigenvalue weighted by atomic mass is 79.9. The van der Waals surface area contributed by atoms with Crippen molar-refractivity contribution in [2.45, 2.75) is 0 Å². The average molecular weight is 368 g/mol. The Morgan fingerprint density at radius 2 is 2.23 bits per heavy atom. The number of ether oxygens (including phenoxy) is 1. The molecule has 1 heterocycles. The summed E-state index contributed by atoms with van der Waals surface area (Å²) in [4.78, 5) is 21.7. The summed E-state index contributed by atoms with van der Waals surface area (Å²) in [6.07, 6.45) is 1.17. The van der Waals surface area contributed by atoms with E-state index in [9.17, 15) is 14.9 Å². The quantitative estimate of drug-likeness (QED) is 0.496. The zero-order valence-electron chi connectivity index (χ0n) is 11.3. The molecule has 0 radical (unpaired) electrons. The van der Waals surface area contributed by atoms with Crippen LogP contribution in [0, 0.1) is 10.1 Å². The van der Waals surface area contributed by atoms with Gasteiger partial charge >= 0.3 is 5.88 Å². The molecule has 0 saturated heterocycles. The fourth-order valence-corrected chi connectivity index (χ4v) is 2.08. The molecule has 1 aromatic heterocycles. The van der Waals surface area contributed by atoms with Gasteiger partial charge in [0.05, 0.1) is 23.9 Å². The highest BCUT2D eigenvalue weighted by molar-refractivity contribution is 9.10. The summed E-state index contributed by atoms with van der Waals surface area (Å²) in [5.74, 6) is -0.0848. The maximum Gasteiger partial charge on any atom is 0.433 e. The largest absolute Gasteiger partial charge is 0.496 e. The highest BCUT2D eigenvalue weighted by Gasteiger charge is 2.11. The second-order valence-corrected chi connectivity index (χ2v) is 4.84. The molecular weight excluding hydrogens is 358 g/mol. The number of hydrazone groups is 1. The summed E-state index contributed by atoms with van der Waals surface area (Å²) < 4.78 is 10.6. The lowest BCUT2D eigenvalue weighted by Gasteiger charge is -2.05. The molecular formula is C13H10BrN3O5. The SMILES string of the molecule is COc1ccc(C(=O)N/N=C/c2ccc([N+](=O)[O-])o2)cc1Br. The summed E-state index contributed by atoms with van der Waals surface area (Å²) in [5.41, 5.74) is 2.66. The Balaban J connectivity index is 2.01. The fourth-order valence-electron chi connectivity index (χ4n) is 1.54. The maximum atomic E-state index is 11.9. The number of nitrogens with one attached hydrogen (secondary N) is 1. The highest BCUT2D eigenvalue weighted by Crippen LogP contribution is 2.25. The predicted octanol–water partition coefficient (Wildman–Crippen LogP) is 2.72. The van der Waals surface area contributed by atoms with Gasteiger partial charge in [0.15, 0.2) is 5.76 Å². The number of carbonyl (C=O) groups is 1. The van der Waals surface area contributed by atoms with Crippen molar-refractivity contribution in [3.63, 3.8) is 0 Å². The van der Waals surface area contributed by atoms with Crippen LogP contribution < -0.4 is 10.2 Å². The van der Waals surface area contributed by atoms with Crippen molar-refractivity contribution >= 4 is 33.9 Å². The number of furan rings is 1. The van der Waals surface area contributed by atoms with E-state index in [1.54, 1.807) is 18.2 Å². The lowest BCUT2D eigenvalue weighted by molar-refractivity contribution is -0.402. The molecule has 0 bridgehead atoms. The molecule has 1 N–H and O–H groups in total. The first kappa shape index (κ1) is 15.7. The molecule has 2 rings (SSSR count). The molecule has 2 aromatic rings. The molecule has 1 amide bonds. The first-order valence-electron chi connectivity index (χ1n) is 5.92. The van der Waals surface area contributed by atoms with Crippen LogP contribution in [0.15, 0.2) is 44.3 Å². The van der Waals surface area contributed by atoms with Gasteiger partial charge in [-0.05, 0) is 40.2 Å². The Morgan fingerprint density at radius 3 is 2.82 bits per heavy atom. The Hall–Kier alpha value is -2.68. The van der Waals surface area contributed by atoms with E-state index in [0.29, 0.717) is 15.8 Å². The van der Waals surface area contributed by atoms with E-state index in [0.717, 1.165) is 0 Å². The van der Waals surface area contributed by atoms with Crippen LogP contribution in [0.2, 0.25) is 0 Å². The van der Waals surface area contributed by atoms with Gasteiger partial charge in [-0.25, -0.2) is 5.43 Å². The van der Waals surface area contributed by atoms with Crippen LogP contribution in [0.25, 0.3) is 0 Å². The van der Waals surface area contributed by atoms with Gasteiger partial charge in [-0.15, -0.1) is 0 Å². The van der Waals surface area contributed by atoms with Crippen LogP contribution in [0.3, 0.4) is 0 Å². The summed E-state index contributed by atoms with van der Waals surface area (Å²) in [6, 6.07) is 7.37. The van der Waals surface area contributed by atoms with Crippen molar-refractivity contribution < 1.29 is 18.9 Å². The Bertz CT molecular complexity index is 741. The number of carbonyl (C=O) groups excluding carboxylic acids is 1. The second kappa shape index (κ2) is 6.85. The smallest absolute Gasteiger partial charge is 0.433 e. The van der Waals surface area contributed by atoms with Crippen LogP contribution in [0.4, 0.5) is 5.88 Å². The Kier molecular flexibility index (Phi) is 4.89. The molecule has 0 saturated carbocycles. The van der Waals surface area contributed by atoms with Gasteiger partial charge in [0, 0.05) is 5.56 Å². The van der Waals surface area contributed by atoms with Gasteiger partial charge < -0.3 is 9.15 Å².